The van der Waals surface area contributed by atoms with Crippen LogP contribution in [0.15, 0.2) is 59.8 Å². The number of ether oxygens (including phenoxy) is 1. The first-order valence-corrected chi connectivity index (χ1v) is 13.7. The Morgan fingerprint density at radius 2 is 1.86 bits per heavy atom. The van der Waals surface area contributed by atoms with Gasteiger partial charge in [-0.2, -0.15) is 0 Å². The molecule has 1 aliphatic heterocycles. The van der Waals surface area contributed by atoms with E-state index in [9.17, 15) is 13.2 Å². The fraction of sp³-hybridized carbons (Fsp3) is 0.346. The number of benzene rings is 1. The molecule has 3 heterocycles. The molecular weight excluding hydrogens is 514 g/mol. The molecule has 1 amide bonds. The lowest BCUT2D eigenvalue weighted by molar-refractivity contribution is 0.0201. The number of pyridine rings is 1. The van der Waals surface area contributed by atoms with E-state index in [2.05, 4.69) is 10.3 Å². The summed E-state index contributed by atoms with van der Waals surface area (Å²) < 4.78 is 33.9. The van der Waals surface area contributed by atoms with E-state index in [4.69, 9.17) is 21.7 Å². The Morgan fingerprint density at radius 1 is 1.19 bits per heavy atom. The van der Waals surface area contributed by atoms with Gasteiger partial charge in [0.25, 0.3) is 10.0 Å². The van der Waals surface area contributed by atoms with E-state index >= 15 is 0 Å². The fourth-order valence-electron chi connectivity index (χ4n) is 4.14. The Hall–Kier alpha value is -3.37. The molecule has 0 bridgehead atoms. The largest absolute Gasteiger partial charge is 0.444 e. The molecule has 1 saturated heterocycles. The van der Waals surface area contributed by atoms with Crippen LogP contribution in [0.25, 0.3) is 16.6 Å². The molecule has 1 fully saturated rings. The number of nitrogens with one attached hydrogen (secondary N) is 2. The molecule has 0 atom stereocenters. The van der Waals surface area contributed by atoms with E-state index in [0.29, 0.717) is 41.9 Å². The van der Waals surface area contributed by atoms with Crippen LogP contribution in [-0.2, 0) is 14.8 Å². The maximum Gasteiger partial charge on any atom is 0.410 e. The molecule has 1 aliphatic rings. The van der Waals surface area contributed by atoms with Crippen LogP contribution in [0, 0.1) is 5.41 Å². The van der Waals surface area contributed by atoms with E-state index in [0.717, 1.165) is 10.2 Å². The minimum atomic E-state index is -4.03. The Balaban J connectivity index is 1.62. The quantitative estimate of drug-likeness (QED) is 0.427. The minimum Gasteiger partial charge on any atom is -0.444 e. The van der Waals surface area contributed by atoms with Gasteiger partial charge in [-0.15, -0.1) is 0 Å². The predicted octanol–water partition coefficient (Wildman–Crippen LogP) is 4.91. The van der Waals surface area contributed by atoms with Gasteiger partial charge < -0.3 is 20.4 Å². The molecule has 9 nitrogen and oxygen atoms in total. The molecule has 196 valence electrons. The van der Waals surface area contributed by atoms with E-state index in [1.807, 2.05) is 20.8 Å². The highest BCUT2D eigenvalue weighted by atomic mass is 35.5. The van der Waals surface area contributed by atoms with Gasteiger partial charge >= 0.3 is 6.09 Å². The lowest BCUT2D eigenvalue weighted by atomic mass is 10.1. The molecule has 37 heavy (non-hydrogen) atoms. The first-order valence-electron chi connectivity index (χ1n) is 11.9. The monoisotopic (exact) mass is 543 g/mol. The number of aromatic nitrogens is 2. The maximum atomic E-state index is 13.7. The third-order valence-corrected chi connectivity index (χ3v) is 8.01. The molecule has 3 aromatic rings. The normalized spacial score (nSPS) is 15.6. The minimum absolute atomic E-state index is 0.0407. The van der Waals surface area contributed by atoms with Crippen molar-refractivity contribution in [1.82, 2.24) is 19.2 Å². The van der Waals surface area contributed by atoms with Crippen molar-refractivity contribution in [2.75, 3.05) is 13.1 Å². The van der Waals surface area contributed by atoms with E-state index in [-0.39, 0.29) is 28.4 Å². The summed E-state index contributed by atoms with van der Waals surface area (Å²) in [6.45, 7) is 6.57. The summed E-state index contributed by atoms with van der Waals surface area (Å²) in [6.07, 6.45) is 5.22. The predicted molar refractivity (Wildman–Crippen MR) is 144 cm³/mol. The van der Waals surface area contributed by atoms with Gasteiger partial charge in [-0.05, 0) is 57.9 Å². The average Bonchev–Trinajstić information content (AvgIpc) is 3.26. The molecule has 11 heteroatoms. The number of amides is 1. The van der Waals surface area contributed by atoms with Gasteiger partial charge in [0.1, 0.15) is 5.60 Å². The Bertz CT molecular complexity index is 1440. The van der Waals surface area contributed by atoms with Gasteiger partial charge in [0.05, 0.1) is 15.6 Å². The maximum absolute atomic E-state index is 13.7. The molecule has 0 unspecified atom stereocenters. The lowest BCUT2D eigenvalue weighted by Gasteiger charge is -2.33. The second-order valence-corrected chi connectivity index (χ2v) is 12.0. The topological polar surface area (TPSA) is 117 Å². The average molecular weight is 544 g/mol. The summed E-state index contributed by atoms with van der Waals surface area (Å²) in [4.78, 5) is 18.4. The van der Waals surface area contributed by atoms with E-state index in [1.54, 1.807) is 41.4 Å². The van der Waals surface area contributed by atoms with Crippen LogP contribution in [0.1, 0.15) is 39.3 Å². The summed E-state index contributed by atoms with van der Waals surface area (Å²) in [7, 11) is -4.03. The fourth-order valence-corrected chi connectivity index (χ4v) is 5.84. The summed E-state index contributed by atoms with van der Waals surface area (Å²) in [5.74, 6) is 0. The first kappa shape index (κ1) is 26.7. The van der Waals surface area contributed by atoms with Crippen LogP contribution in [0.5, 0.6) is 0 Å². The number of carbonyl (C=O) groups excluding carboxylic acids is 1. The Labute approximate surface area is 221 Å². The zero-order valence-electron chi connectivity index (χ0n) is 20.9. The van der Waals surface area contributed by atoms with Crippen LogP contribution < -0.4 is 5.32 Å². The number of fused-ring (bicyclic) bond motifs is 1. The van der Waals surface area contributed by atoms with Crippen molar-refractivity contribution in [3.8, 4) is 0 Å². The first-order chi connectivity index (χ1) is 17.5. The third kappa shape index (κ3) is 5.80. The molecule has 2 aromatic heterocycles. The molecule has 0 spiro atoms. The summed E-state index contributed by atoms with van der Waals surface area (Å²) >= 11 is 6.38. The summed E-state index contributed by atoms with van der Waals surface area (Å²) in [5.41, 5.74) is 0.255. The van der Waals surface area contributed by atoms with Crippen molar-refractivity contribution in [2.24, 2.45) is 0 Å². The highest BCUT2D eigenvalue weighted by Gasteiger charge is 2.28. The number of allylic oxidation sites excluding steroid dienone is 1. The van der Waals surface area contributed by atoms with Crippen molar-refractivity contribution < 1.29 is 17.9 Å². The molecule has 2 N–H and O–H groups in total. The standard InChI is InChI=1S/C26H30ClN5O4S/c1-26(2,3)36-25(33)31-13-10-19(11-14-31)30-17-18(16-28)23-15-21-22(27)9-12-29-24(21)32(23)37(34,35)20-7-5-4-6-8-20/h4-9,12,15-17,19,28,30H,10-11,13-14H2,1-3H3/b18-17+,28-16?. The summed E-state index contributed by atoms with van der Waals surface area (Å²) in [5, 5.41) is 12.2. The van der Waals surface area contributed by atoms with Crippen LogP contribution in [-0.4, -0.2) is 59.3 Å². The van der Waals surface area contributed by atoms with Crippen molar-refractivity contribution in [1.29, 1.82) is 5.41 Å². The van der Waals surface area contributed by atoms with E-state index < -0.39 is 15.6 Å². The van der Waals surface area contributed by atoms with E-state index in [1.165, 1.54) is 18.3 Å². The Morgan fingerprint density at radius 3 is 2.49 bits per heavy atom. The number of piperidine rings is 1. The SMILES string of the molecule is CC(C)(C)OC(=O)N1CCC(N/C=C(\C=N)c2cc3c(Cl)ccnc3n2S(=O)(=O)c2ccccc2)CC1. The second kappa shape index (κ2) is 10.5. The Kier molecular flexibility index (Phi) is 7.61. The van der Waals surface area contributed by atoms with Crippen molar-refractivity contribution in [2.45, 2.75) is 50.2 Å². The van der Waals surface area contributed by atoms with Gasteiger partial charge in [0, 0.05) is 48.7 Å². The molecule has 0 aliphatic carbocycles. The number of rotatable bonds is 6. The van der Waals surface area contributed by atoms with Gasteiger partial charge in [0.15, 0.2) is 5.65 Å². The van der Waals surface area contributed by atoms with Crippen molar-refractivity contribution in [3.05, 3.63) is 65.6 Å². The van der Waals surface area contributed by atoms with Crippen LogP contribution in [0.4, 0.5) is 4.79 Å². The van der Waals surface area contributed by atoms with Crippen LogP contribution >= 0.6 is 11.6 Å². The lowest BCUT2D eigenvalue weighted by Crippen LogP contribution is -2.45. The number of hydrogen-bond acceptors (Lipinski definition) is 7. The smallest absolute Gasteiger partial charge is 0.410 e. The molecule has 0 saturated carbocycles. The third-order valence-electron chi connectivity index (χ3n) is 5.96. The van der Waals surface area contributed by atoms with Crippen molar-refractivity contribution >= 4 is 50.5 Å². The number of carbonyl (C=O) groups is 1. The van der Waals surface area contributed by atoms with Gasteiger partial charge in [-0.1, -0.05) is 29.8 Å². The number of nitrogens with zero attached hydrogens (tertiary/aromatic N) is 3. The van der Waals surface area contributed by atoms with Gasteiger partial charge in [0.2, 0.25) is 0 Å². The highest BCUT2D eigenvalue weighted by molar-refractivity contribution is 7.90. The summed E-state index contributed by atoms with van der Waals surface area (Å²) in [6, 6.07) is 11.3. The molecular formula is C26H30ClN5O4S. The van der Waals surface area contributed by atoms with Gasteiger partial charge in [-0.3, -0.25) is 0 Å². The molecule has 0 radical (unpaired) electrons. The van der Waals surface area contributed by atoms with Crippen LogP contribution in [0.2, 0.25) is 5.02 Å². The molecule has 4 rings (SSSR count). The zero-order chi connectivity index (χ0) is 26.8. The van der Waals surface area contributed by atoms with Gasteiger partial charge in [-0.25, -0.2) is 22.2 Å². The molecule has 1 aromatic carbocycles. The number of hydrogen-bond donors (Lipinski definition) is 2. The van der Waals surface area contributed by atoms with Crippen molar-refractivity contribution in [3.63, 3.8) is 0 Å². The van der Waals surface area contributed by atoms with Crippen LogP contribution in [0.3, 0.4) is 0 Å². The number of likely N-dealkylation sites (tertiary alicyclic amines) is 1. The second-order valence-electron chi connectivity index (χ2n) is 9.79. The number of halogens is 1. The zero-order valence-corrected chi connectivity index (χ0v) is 22.5. The highest BCUT2D eigenvalue weighted by Crippen LogP contribution is 2.31.